The van der Waals surface area contributed by atoms with Gasteiger partial charge in [-0.05, 0) is 30.7 Å². The van der Waals surface area contributed by atoms with E-state index in [2.05, 4.69) is 10.6 Å². The SMILES string of the molecule is COc1cc(Cl)c(C)cc1NC(=O)c1ccccc1NC(=O)COC(=O)C1=COCCO1. The molecular formula is C22H21ClN2O7. The molecule has 3 rings (SSSR count). The van der Waals surface area contributed by atoms with E-state index in [9.17, 15) is 14.4 Å². The van der Waals surface area contributed by atoms with Gasteiger partial charge >= 0.3 is 5.97 Å². The maximum atomic E-state index is 12.9. The number of rotatable bonds is 7. The first kappa shape index (κ1) is 23.0. The minimum Gasteiger partial charge on any atom is -0.495 e. The summed E-state index contributed by atoms with van der Waals surface area (Å²) < 4.78 is 20.3. The molecule has 1 aliphatic rings. The van der Waals surface area contributed by atoms with E-state index in [1.54, 1.807) is 43.3 Å². The molecule has 9 nitrogen and oxygen atoms in total. The van der Waals surface area contributed by atoms with Gasteiger partial charge in [0.05, 0.1) is 24.0 Å². The van der Waals surface area contributed by atoms with Gasteiger partial charge < -0.3 is 29.6 Å². The van der Waals surface area contributed by atoms with Crippen LogP contribution in [0.2, 0.25) is 5.02 Å². The lowest BCUT2D eigenvalue weighted by Crippen LogP contribution is -2.25. The van der Waals surface area contributed by atoms with Crippen LogP contribution in [0.15, 0.2) is 48.4 Å². The quantitative estimate of drug-likeness (QED) is 0.610. The number of hydrogen-bond donors (Lipinski definition) is 2. The average Bonchev–Trinajstić information content (AvgIpc) is 2.80. The highest BCUT2D eigenvalue weighted by Gasteiger charge is 2.20. The number of anilines is 2. The van der Waals surface area contributed by atoms with Crippen molar-refractivity contribution < 1.29 is 33.3 Å². The second-order valence-electron chi connectivity index (χ2n) is 6.63. The van der Waals surface area contributed by atoms with Crippen LogP contribution in [0.3, 0.4) is 0 Å². The molecule has 0 aromatic heterocycles. The normalized spacial score (nSPS) is 12.5. The summed E-state index contributed by atoms with van der Waals surface area (Å²) >= 11 is 6.11. The second kappa shape index (κ2) is 10.5. The minimum atomic E-state index is -0.823. The van der Waals surface area contributed by atoms with Crippen LogP contribution in [0, 0.1) is 6.92 Å². The average molecular weight is 461 g/mol. The van der Waals surface area contributed by atoms with E-state index < -0.39 is 24.4 Å². The molecule has 0 saturated carbocycles. The van der Waals surface area contributed by atoms with Crippen molar-refractivity contribution >= 4 is 40.8 Å². The van der Waals surface area contributed by atoms with Crippen LogP contribution in [-0.4, -0.2) is 44.7 Å². The molecule has 0 saturated heterocycles. The smallest absolute Gasteiger partial charge is 0.377 e. The highest BCUT2D eigenvalue weighted by molar-refractivity contribution is 6.31. The van der Waals surface area contributed by atoms with Gasteiger partial charge in [-0.15, -0.1) is 0 Å². The van der Waals surface area contributed by atoms with Crippen LogP contribution in [0.4, 0.5) is 11.4 Å². The van der Waals surface area contributed by atoms with Gasteiger partial charge in [0.15, 0.2) is 6.61 Å². The fourth-order valence-electron chi connectivity index (χ4n) is 2.77. The Morgan fingerprint density at radius 1 is 1.09 bits per heavy atom. The van der Waals surface area contributed by atoms with Crippen molar-refractivity contribution in [2.75, 3.05) is 37.6 Å². The van der Waals surface area contributed by atoms with Gasteiger partial charge in [0, 0.05) is 11.1 Å². The number of nitrogens with one attached hydrogen (secondary N) is 2. The minimum absolute atomic E-state index is 0.115. The number of benzene rings is 2. The zero-order chi connectivity index (χ0) is 23.1. The third-order valence-corrected chi connectivity index (χ3v) is 4.77. The van der Waals surface area contributed by atoms with E-state index in [1.807, 2.05) is 0 Å². The molecule has 1 heterocycles. The number of carbonyl (C=O) groups is 3. The molecule has 0 aliphatic carbocycles. The van der Waals surface area contributed by atoms with Gasteiger partial charge in [-0.1, -0.05) is 23.7 Å². The summed E-state index contributed by atoms with van der Waals surface area (Å²) in [7, 11) is 1.46. The van der Waals surface area contributed by atoms with Crippen LogP contribution in [-0.2, 0) is 23.8 Å². The zero-order valence-corrected chi connectivity index (χ0v) is 18.2. The van der Waals surface area contributed by atoms with Crippen molar-refractivity contribution in [3.05, 3.63) is 64.6 Å². The number of amides is 2. The molecule has 168 valence electrons. The lowest BCUT2D eigenvalue weighted by atomic mass is 10.1. The van der Waals surface area contributed by atoms with Crippen molar-refractivity contribution in [2.24, 2.45) is 0 Å². The summed E-state index contributed by atoms with van der Waals surface area (Å²) in [6.45, 7) is 1.78. The van der Waals surface area contributed by atoms with Crippen LogP contribution < -0.4 is 15.4 Å². The highest BCUT2D eigenvalue weighted by atomic mass is 35.5. The number of carbonyl (C=O) groups excluding carboxylic acids is 3. The van der Waals surface area contributed by atoms with E-state index in [0.29, 0.717) is 23.1 Å². The van der Waals surface area contributed by atoms with Crippen molar-refractivity contribution in [3.8, 4) is 5.75 Å². The summed E-state index contributed by atoms with van der Waals surface area (Å²) in [6, 6.07) is 9.70. The largest absolute Gasteiger partial charge is 0.495 e. The first-order chi connectivity index (χ1) is 15.4. The molecule has 0 spiro atoms. The highest BCUT2D eigenvalue weighted by Crippen LogP contribution is 2.31. The molecule has 2 N–H and O–H groups in total. The Morgan fingerprint density at radius 2 is 1.88 bits per heavy atom. The molecule has 2 aromatic rings. The van der Waals surface area contributed by atoms with Crippen molar-refractivity contribution in [3.63, 3.8) is 0 Å². The number of aryl methyl sites for hydroxylation is 1. The number of para-hydroxylation sites is 1. The van der Waals surface area contributed by atoms with Gasteiger partial charge in [-0.25, -0.2) is 4.79 Å². The van der Waals surface area contributed by atoms with Crippen LogP contribution >= 0.6 is 11.6 Å². The Labute approximate surface area is 189 Å². The van der Waals surface area contributed by atoms with Crippen LogP contribution in [0.1, 0.15) is 15.9 Å². The Balaban J connectivity index is 1.67. The molecule has 0 fully saturated rings. The fraction of sp³-hybridized carbons (Fsp3) is 0.227. The molecule has 0 bridgehead atoms. The van der Waals surface area contributed by atoms with Crippen molar-refractivity contribution in [1.82, 2.24) is 0 Å². The summed E-state index contributed by atoms with van der Waals surface area (Å²) in [6.07, 6.45) is 1.14. The zero-order valence-electron chi connectivity index (χ0n) is 17.4. The number of methoxy groups -OCH3 is 1. The second-order valence-corrected chi connectivity index (χ2v) is 7.03. The third-order valence-electron chi connectivity index (χ3n) is 4.36. The first-order valence-corrected chi connectivity index (χ1v) is 9.93. The summed E-state index contributed by atoms with van der Waals surface area (Å²) in [5, 5.41) is 5.82. The van der Waals surface area contributed by atoms with Gasteiger partial charge in [0.2, 0.25) is 5.76 Å². The predicted molar refractivity (Wildman–Crippen MR) is 117 cm³/mol. The predicted octanol–water partition coefficient (Wildman–Crippen LogP) is 3.28. The van der Waals surface area contributed by atoms with Gasteiger partial charge in [0.25, 0.3) is 11.8 Å². The van der Waals surface area contributed by atoms with E-state index in [-0.39, 0.29) is 23.6 Å². The number of ether oxygens (including phenoxy) is 4. The molecular weight excluding hydrogens is 440 g/mol. The Hall–Kier alpha value is -3.72. The summed E-state index contributed by atoms with van der Waals surface area (Å²) in [4.78, 5) is 37.0. The van der Waals surface area contributed by atoms with Crippen molar-refractivity contribution in [2.45, 2.75) is 6.92 Å². The third kappa shape index (κ3) is 5.70. The Morgan fingerprint density at radius 3 is 2.59 bits per heavy atom. The van der Waals surface area contributed by atoms with Crippen molar-refractivity contribution in [1.29, 1.82) is 0 Å². The molecule has 32 heavy (non-hydrogen) atoms. The number of esters is 1. The molecule has 0 unspecified atom stereocenters. The lowest BCUT2D eigenvalue weighted by Gasteiger charge is -2.15. The Bertz CT molecular complexity index is 1070. The molecule has 0 atom stereocenters. The number of hydrogen-bond acceptors (Lipinski definition) is 7. The molecule has 0 radical (unpaired) electrons. The van der Waals surface area contributed by atoms with Crippen LogP contribution in [0.5, 0.6) is 5.75 Å². The molecule has 1 aliphatic heterocycles. The standard InChI is InChI=1S/C22H21ClN2O7/c1-13-9-17(18(29-2)10-15(13)23)25-21(27)14-5-3-4-6-16(14)24-20(26)12-32-22(28)19-11-30-7-8-31-19/h3-6,9-11H,7-8,12H2,1-2H3,(H,24,26)(H,25,27). The maximum Gasteiger partial charge on any atom is 0.377 e. The van der Waals surface area contributed by atoms with Gasteiger partial charge in [-0.3, -0.25) is 9.59 Å². The van der Waals surface area contributed by atoms with E-state index in [1.165, 1.54) is 7.11 Å². The first-order valence-electron chi connectivity index (χ1n) is 9.55. The molecule has 10 heteroatoms. The molecule has 2 aromatic carbocycles. The van der Waals surface area contributed by atoms with E-state index in [0.717, 1.165) is 11.8 Å². The maximum absolute atomic E-state index is 12.9. The molecule has 2 amide bonds. The van der Waals surface area contributed by atoms with Gasteiger partial charge in [-0.2, -0.15) is 0 Å². The van der Waals surface area contributed by atoms with Crippen LogP contribution in [0.25, 0.3) is 0 Å². The fourth-order valence-corrected chi connectivity index (χ4v) is 2.93. The monoisotopic (exact) mass is 460 g/mol. The van der Waals surface area contributed by atoms with Gasteiger partial charge in [0.1, 0.15) is 25.2 Å². The van der Waals surface area contributed by atoms with E-state index >= 15 is 0 Å². The topological polar surface area (TPSA) is 112 Å². The summed E-state index contributed by atoms with van der Waals surface area (Å²) in [5.41, 5.74) is 1.63. The summed E-state index contributed by atoms with van der Waals surface area (Å²) in [5.74, 6) is -1.65. The Kier molecular flexibility index (Phi) is 7.56. The lowest BCUT2D eigenvalue weighted by molar-refractivity contribution is -0.148. The van der Waals surface area contributed by atoms with E-state index in [4.69, 9.17) is 30.5 Å². The number of halogens is 1.